The Balaban J connectivity index is 1.34. The third-order valence-corrected chi connectivity index (χ3v) is 10.7. The molecule has 5 unspecified atom stereocenters. The molecule has 3 aromatic rings. The van der Waals surface area contributed by atoms with Crippen LogP contribution in [0, 0.1) is 11.8 Å². The molecule has 3 heterocycles. The molecule has 2 aliphatic rings. The summed E-state index contributed by atoms with van der Waals surface area (Å²) in [7, 11) is -0.524. The molecule has 0 spiro atoms. The van der Waals surface area contributed by atoms with Gasteiger partial charge >= 0.3 is 6.09 Å². The number of nitrogens with one attached hydrogen (secondary N) is 2. The molecule has 2 amide bonds. The van der Waals surface area contributed by atoms with Crippen LogP contribution in [0.25, 0.3) is 10.2 Å². The first kappa shape index (κ1) is 35.1. The number of thiazole rings is 1. The van der Waals surface area contributed by atoms with Gasteiger partial charge in [-0.3, -0.25) is 4.79 Å². The smallest absolute Gasteiger partial charge is 0.407 e. The first-order valence-corrected chi connectivity index (χ1v) is 17.9. The van der Waals surface area contributed by atoms with Gasteiger partial charge in [-0.15, -0.1) is 0 Å². The van der Waals surface area contributed by atoms with E-state index in [0.717, 1.165) is 12.0 Å². The number of likely N-dealkylation sites (N-methyl/N-ethyl adjacent to an activating group) is 1. The van der Waals surface area contributed by atoms with Crippen molar-refractivity contribution in [1.29, 1.82) is 0 Å². The van der Waals surface area contributed by atoms with Crippen LogP contribution in [0.5, 0.6) is 0 Å². The van der Waals surface area contributed by atoms with Crippen molar-refractivity contribution in [3.05, 3.63) is 54.1 Å². The van der Waals surface area contributed by atoms with Crippen LogP contribution in [0.4, 0.5) is 9.93 Å². The molecule has 0 bridgehead atoms. The highest BCUT2D eigenvalue weighted by molar-refractivity contribution is 7.89. The fraction of sp³-hybridized carbons (Fsp3) is 0.531. The van der Waals surface area contributed by atoms with E-state index < -0.39 is 34.4 Å². The first-order valence-electron chi connectivity index (χ1n) is 15.7. The average Bonchev–Trinajstić information content (AvgIpc) is 3.73. The van der Waals surface area contributed by atoms with Gasteiger partial charge in [-0.2, -0.15) is 4.31 Å². The number of hydrogen-bond acceptors (Lipinski definition) is 11. The van der Waals surface area contributed by atoms with E-state index in [1.165, 1.54) is 27.8 Å². The minimum atomic E-state index is -4.09. The van der Waals surface area contributed by atoms with Gasteiger partial charge in [0.05, 0.1) is 52.9 Å². The van der Waals surface area contributed by atoms with Crippen LogP contribution in [0.1, 0.15) is 25.8 Å². The third-order valence-electron chi connectivity index (χ3n) is 7.97. The Kier molecular flexibility index (Phi) is 11.5. The number of alkyl carbamates (subject to hydrolysis) is 1. The summed E-state index contributed by atoms with van der Waals surface area (Å²) in [4.78, 5) is 31.5. The molecule has 15 heteroatoms. The van der Waals surface area contributed by atoms with E-state index in [4.69, 9.17) is 14.2 Å². The van der Waals surface area contributed by atoms with Crippen molar-refractivity contribution in [2.75, 3.05) is 52.3 Å². The van der Waals surface area contributed by atoms with E-state index in [2.05, 4.69) is 15.6 Å². The number of carbonyl (C=O) groups is 2. The van der Waals surface area contributed by atoms with Gasteiger partial charge in [-0.25, -0.2) is 18.2 Å². The van der Waals surface area contributed by atoms with Crippen molar-refractivity contribution in [3.63, 3.8) is 0 Å². The molecule has 3 N–H and O–H groups in total. The lowest BCUT2D eigenvalue weighted by Crippen LogP contribution is -2.51. The summed E-state index contributed by atoms with van der Waals surface area (Å²) in [6.07, 6.45) is -1.87. The molecule has 0 radical (unpaired) electrons. The normalized spacial score (nSPS) is 20.9. The van der Waals surface area contributed by atoms with E-state index in [1.807, 2.05) is 44.2 Å². The summed E-state index contributed by atoms with van der Waals surface area (Å²) in [6.45, 7) is 4.60. The minimum Gasteiger partial charge on any atom is -0.443 e. The minimum absolute atomic E-state index is 0.0363. The predicted molar refractivity (Wildman–Crippen MR) is 178 cm³/mol. The third kappa shape index (κ3) is 9.04. The fourth-order valence-electron chi connectivity index (χ4n) is 5.75. The fourth-order valence-corrected chi connectivity index (χ4v) is 8.39. The molecule has 0 aliphatic carbocycles. The summed E-state index contributed by atoms with van der Waals surface area (Å²) >= 11 is 1.18. The lowest BCUT2D eigenvalue weighted by molar-refractivity contribution is -0.116. The van der Waals surface area contributed by atoms with Crippen molar-refractivity contribution in [2.24, 2.45) is 11.8 Å². The van der Waals surface area contributed by atoms with Gasteiger partial charge in [0, 0.05) is 13.1 Å². The summed E-state index contributed by atoms with van der Waals surface area (Å²) < 4.78 is 46.8. The summed E-state index contributed by atoms with van der Waals surface area (Å²) in [6, 6.07) is 13.1. The molecule has 2 fully saturated rings. The summed E-state index contributed by atoms with van der Waals surface area (Å²) in [5.74, 6) is -0.335. The number of rotatable bonds is 14. The molecule has 13 nitrogen and oxygen atoms in total. The maximum Gasteiger partial charge on any atom is 0.407 e. The van der Waals surface area contributed by atoms with Crippen molar-refractivity contribution >= 4 is 48.7 Å². The van der Waals surface area contributed by atoms with Crippen LogP contribution in [-0.4, -0.2) is 111 Å². The Morgan fingerprint density at radius 2 is 1.89 bits per heavy atom. The highest BCUT2D eigenvalue weighted by atomic mass is 32.2. The van der Waals surface area contributed by atoms with E-state index >= 15 is 0 Å². The molecule has 2 aliphatic heterocycles. The second-order valence-electron chi connectivity index (χ2n) is 12.6. The Morgan fingerprint density at radius 3 is 2.62 bits per heavy atom. The topological polar surface area (TPSA) is 160 Å². The second kappa shape index (κ2) is 15.4. The van der Waals surface area contributed by atoms with E-state index in [9.17, 15) is 23.1 Å². The van der Waals surface area contributed by atoms with Crippen LogP contribution < -0.4 is 10.6 Å². The number of sulfonamides is 1. The van der Waals surface area contributed by atoms with Gasteiger partial charge in [0.15, 0.2) is 11.4 Å². The molecule has 5 atom stereocenters. The zero-order chi connectivity index (χ0) is 33.7. The molecular formula is C32H43N5O8S2. The standard InChI is InChI=1S/C32H43N5O8S2/c1-20(2)16-37(47(41,42)22-10-11-24-28(15-22)46-31(33-24)35-29(39)18-36(3)4)17-26(38)25(14-21-8-6-5-7-9-21)34-32(40)45-27-19-44-30-23(27)12-13-43-30/h5-11,15,20,23,25-27,30,38H,12-14,16-19H2,1-4H3,(H,34,40)(H,33,35,39). The van der Waals surface area contributed by atoms with Crippen LogP contribution in [-0.2, 0) is 35.4 Å². The summed E-state index contributed by atoms with van der Waals surface area (Å²) in [5.41, 5.74) is 1.41. The highest BCUT2D eigenvalue weighted by Crippen LogP contribution is 2.33. The van der Waals surface area contributed by atoms with E-state index in [0.29, 0.717) is 22.0 Å². The number of fused-ring (bicyclic) bond motifs is 2. The Hall–Kier alpha value is -3.18. The van der Waals surface area contributed by atoms with Crippen LogP contribution >= 0.6 is 11.3 Å². The summed E-state index contributed by atoms with van der Waals surface area (Å²) in [5, 5.41) is 17.5. The van der Waals surface area contributed by atoms with Crippen LogP contribution in [0.15, 0.2) is 53.4 Å². The number of anilines is 1. The molecular weight excluding hydrogens is 647 g/mol. The maximum absolute atomic E-state index is 14.1. The number of carbonyl (C=O) groups excluding carboxylic acids is 2. The number of aliphatic hydroxyl groups excluding tert-OH is 1. The van der Waals surface area contributed by atoms with E-state index in [1.54, 1.807) is 25.1 Å². The molecule has 2 saturated heterocycles. The van der Waals surface area contributed by atoms with Gasteiger partial charge in [0.2, 0.25) is 15.9 Å². The van der Waals surface area contributed by atoms with Gasteiger partial charge in [0.25, 0.3) is 0 Å². The number of amides is 2. The number of hydrogen-bond donors (Lipinski definition) is 3. The molecule has 47 heavy (non-hydrogen) atoms. The van der Waals surface area contributed by atoms with Gasteiger partial charge < -0.3 is 34.9 Å². The first-order chi connectivity index (χ1) is 22.4. The molecule has 1 aromatic heterocycles. The van der Waals surface area contributed by atoms with Crippen LogP contribution in [0.3, 0.4) is 0 Å². The monoisotopic (exact) mass is 689 g/mol. The Labute approximate surface area is 279 Å². The number of benzene rings is 2. The quantitative estimate of drug-likeness (QED) is 0.230. The SMILES string of the molecule is CC(C)CN(CC(O)C(Cc1ccccc1)NC(=O)OC1COC2OCCC12)S(=O)(=O)c1ccc2nc(NC(=O)CN(C)C)sc2c1. The van der Waals surface area contributed by atoms with Crippen molar-refractivity contribution in [2.45, 2.75) is 56.1 Å². The predicted octanol–water partition coefficient (Wildman–Crippen LogP) is 2.90. The van der Waals surface area contributed by atoms with Crippen molar-refractivity contribution in [3.8, 4) is 0 Å². The van der Waals surface area contributed by atoms with Crippen LogP contribution in [0.2, 0.25) is 0 Å². The average molecular weight is 690 g/mol. The lowest BCUT2D eigenvalue weighted by Gasteiger charge is -2.31. The highest BCUT2D eigenvalue weighted by Gasteiger charge is 2.44. The van der Waals surface area contributed by atoms with Gasteiger partial charge in [-0.05, 0) is 56.6 Å². The van der Waals surface area contributed by atoms with E-state index in [-0.39, 0.29) is 61.6 Å². The largest absolute Gasteiger partial charge is 0.443 e. The molecule has 2 aromatic carbocycles. The Bertz CT molecular complexity index is 1630. The molecule has 5 rings (SSSR count). The van der Waals surface area contributed by atoms with Gasteiger partial charge in [0.1, 0.15) is 6.10 Å². The zero-order valence-electron chi connectivity index (χ0n) is 27.0. The maximum atomic E-state index is 14.1. The zero-order valence-corrected chi connectivity index (χ0v) is 28.6. The lowest BCUT2D eigenvalue weighted by atomic mass is 10.0. The number of nitrogens with zero attached hydrogens (tertiary/aromatic N) is 3. The molecule has 0 saturated carbocycles. The number of aliphatic hydroxyl groups is 1. The molecule has 256 valence electrons. The van der Waals surface area contributed by atoms with Crippen molar-refractivity contribution in [1.82, 2.24) is 19.5 Å². The second-order valence-corrected chi connectivity index (χ2v) is 15.6. The number of ether oxygens (including phenoxy) is 3. The van der Waals surface area contributed by atoms with Crippen molar-refractivity contribution < 1.29 is 37.3 Å². The number of aromatic nitrogens is 1. The van der Waals surface area contributed by atoms with Gasteiger partial charge in [-0.1, -0.05) is 55.5 Å². The Morgan fingerprint density at radius 1 is 1.13 bits per heavy atom.